The molecule has 0 aliphatic carbocycles. The summed E-state index contributed by atoms with van der Waals surface area (Å²) in [6.07, 6.45) is 1.20. The number of hydrogen-bond donors (Lipinski definition) is 1. The van der Waals surface area contributed by atoms with Crippen molar-refractivity contribution in [1.29, 1.82) is 0 Å². The van der Waals surface area contributed by atoms with E-state index in [1.807, 2.05) is 32.3 Å². The maximum Gasteiger partial charge on any atom is 0.222 e. The van der Waals surface area contributed by atoms with Crippen LogP contribution in [0.2, 0.25) is 5.02 Å². The zero-order chi connectivity index (χ0) is 13.5. The molecule has 1 aromatic rings. The first kappa shape index (κ1) is 18.7. The fraction of sp³-hybridized carbons (Fsp3) is 0.462. The molecule has 3 nitrogen and oxygen atoms in total. The monoisotopic (exact) mass is 368 g/mol. The normalized spacial score (nSPS) is 9.89. The number of benzene rings is 1. The molecule has 0 radical (unpaired) electrons. The Bertz CT molecular complexity index is 416. The summed E-state index contributed by atoms with van der Waals surface area (Å²) in [7, 11) is 3.70. The Morgan fingerprint density at radius 1 is 1.47 bits per heavy atom. The third kappa shape index (κ3) is 6.61. The number of carbonyl (C=O) groups is 1. The fourth-order valence-corrected chi connectivity index (χ4v) is 2.21. The summed E-state index contributed by atoms with van der Waals surface area (Å²) in [6.45, 7) is 1.54. The molecule has 1 rings (SSSR count). The van der Waals surface area contributed by atoms with Gasteiger partial charge in [0.2, 0.25) is 5.91 Å². The van der Waals surface area contributed by atoms with Crippen molar-refractivity contribution in [3.63, 3.8) is 0 Å². The van der Waals surface area contributed by atoms with Crippen molar-refractivity contribution in [2.45, 2.75) is 12.8 Å². The van der Waals surface area contributed by atoms with E-state index in [1.54, 1.807) is 4.90 Å². The molecule has 108 valence electrons. The number of likely N-dealkylation sites (N-methyl/N-ethyl adjacent to an activating group) is 2. The van der Waals surface area contributed by atoms with Crippen LogP contribution in [0.1, 0.15) is 12.0 Å². The lowest BCUT2D eigenvalue weighted by atomic mass is 10.1. The maximum absolute atomic E-state index is 11.9. The first-order valence-corrected chi connectivity index (χ1v) is 7.04. The molecule has 0 saturated heterocycles. The lowest BCUT2D eigenvalue weighted by Crippen LogP contribution is -2.32. The number of carbonyl (C=O) groups excluding carboxylic acids is 1. The lowest BCUT2D eigenvalue weighted by Gasteiger charge is -2.17. The van der Waals surface area contributed by atoms with Gasteiger partial charge in [0.15, 0.2) is 0 Å². The van der Waals surface area contributed by atoms with Crippen LogP contribution in [0.25, 0.3) is 0 Å². The minimum Gasteiger partial charge on any atom is -0.344 e. The second-order valence-corrected chi connectivity index (χ2v) is 5.45. The Morgan fingerprint density at radius 2 is 2.16 bits per heavy atom. The van der Waals surface area contributed by atoms with Crippen LogP contribution in [-0.4, -0.2) is 38.0 Å². The molecule has 1 aromatic carbocycles. The van der Waals surface area contributed by atoms with E-state index in [2.05, 4.69) is 21.2 Å². The number of nitrogens with one attached hydrogen (secondary N) is 1. The molecule has 19 heavy (non-hydrogen) atoms. The van der Waals surface area contributed by atoms with Gasteiger partial charge >= 0.3 is 0 Å². The summed E-state index contributed by atoms with van der Waals surface area (Å²) in [4.78, 5) is 13.6. The fourth-order valence-electron chi connectivity index (χ4n) is 1.57. The zero-order valence-corrected chi connectivity index (χ0v) is 14.2. The molecule has 6 heteroatoms. The second kappa shape index (κ2) is 9.59. The van der Waals surface area contributed by atoms with Crippen molar-refractivity contribution in [1.82, 2.24) is 10.2 Å². The van der Waals surface area contributed by atoms with Gasteiger partial charge in [-0.3, -0.25) is 4.79 Å². The topological polar surface area (TPSA) is 32.3 Å². The van der Waals surface area contributed by atoms with E-state index in [9.17, 15) is 4.79 Å². The van der Waals surface area contributed by atoms with Crippen molar-refractivity contribution in [3.05, 3.63) is 33.3 Å². The summed E-state index contributed by atoms with van der Waals surface area (Å²) in [5.74, 6) is 0.150. The molecule has 1 amide bonds. The minimum absolute atomic E-state index is 0. The molecule has 1 N–H and O–H groups in total. The van der Waals surface area contributed by atoms with Crippen LogP contribution >= 0.6 is 39.9 Å². The van der Waals surface area contributed by atoms with E-state index in [1.165, 1.54) is 0 Å². The Morgan fingerprint density at radius 3 is 2.79 bits per heavy atom. The number of aryl methyl sites for hydroxylation is 1. The molecule has 0 aliphatic rings. The summed E-state index contributed by atoms with van der Waals surface area (Å²) in [5.41, 5.74) is 1.07. The Labute approximate surface area is 134 Å². The quantitative estimate of drug-likeness (QED) is 0.835. The minimum atomic E-state index is 0. The summed E-state index contributed by atoms with van der Waals surface area (Å²) in [5, 5.41) is 3.72. The molecule has 0 saturated carbocycles. The smallest absolute Gasteiger partial charge is 0.222 e. The highest BCUT2D eigenvalue weighted by Crippen LogP contribution is 2.22. The predicted molar refractivity (Wildman–Crippen MR) is 86.3 cm³/mol. The van der Waals surface area contributed by atoms with Gasteiger partial charge in [-0.25, -0.2) is 0 Å². The van der Waals surface area contributed by atoms with E-state index >= 15 is 0 Å². The Balaban J connectivity index is 0.00000324. The van der Waals surface area contributed by atoms with Gasteiger partial charge in [0.25, 0.3) is 0 Å². The highest BCUT2D eigenvalue weighted by atomic mass is 79.9. The molecular weight excluding hydrogens is 351 g/mol. The van der Waals surface area contributed by atoms with Crippen LogP contribution in [0.4, 0.5) is 0 Å². The molecule has 0 aromatic heterocycles. The average molecular weight is 370 g/mol. The van der Waals surface area contributed by atoms with Crippen LogP contribution in [0, 0.1) is 0 Å². The number of hydrogen-bond acceptors (Lipinski definition) is 2. The SMILES string of the molecule is CNCCN(C)C(=O)CCc1cc(Cl)ccc1Br.Cl. The molecule has 0 fully saturated rings. The molecule has 0 bridgehead atoms. The molecule has 0 heterocycles. The van der Waals surface area contributed by atoms with E-state index < -0.39 is 0 Å². The highest BCUT2D eigenvalue weighted by molar-refractivity contribution is 9.10. The van der Waals surface area contributed by atoms with Gasteiger partial charge in [0.1, 0.15) is 0 Å². The van der Waals surface area contributed by atoms with Crippen molar-refractivity contribution < 1.29 is 4.79 Å². The van der Waals surface area contributed by atoms with Gasteiger partial charge in [0, 0.05) is 36.1 Å². The summed E-state index contributed by atoms with van der Waals surface area (Å²) >= 11 is 9.40. The third-order valence-electron chi connectivity index (χ3n) is 2.74. The first-order valence-electron chi connectivity index (χ1n) is 5.87. The molecular formula is C13H19BrCl2N2O. The number of rotatable bonds is 6. The summed E-state index contributed by atoms with van der Waals surface area (Å²) < 4.78 is 0.998. The third-order valence-corrected chi connectivity index (χ3v) is 3.75. The van der Waals surface area contributed by atoms with Gasteiger partial charge in [-0.2, -0.15) is 0 Å². The van der Waals surface area contributed by atoms with Gasteiger partial charge < -0.3 is 10.2 Å². The van der Waals surface area contributed by atoms with Gasteiger partial charge in [-0.05, 0) is 37.2 Å². The van der Waals surface area contributed by atoms with Gasteiger partial charge in [0.05, 0.1) is 0 Å². The predicted octanol–water partition coefficient (Wildman–Crippen LogP) is 3.13. The van der Waals surface area contributed by atoms with Crippen LogP contribution in [0.15, 0.2) is 22.7 Å². The average Bonchev–Trinajstić information content (AvgIpc) is 2.36. The van der Waals surface area contributed by atoms with Crippen molar-refractivity contribution >= 4 is 45.8 Å². The van der Waals surface area contributed by atoms with Gasteiger partial charge in [-0.1, -0.05) is 27.5 Å². The number of nitrogens with zero attached hydrogens (tertiary/aromatic N) is 1. The van der Waals surface area contributed by atoms with E-state index in [-0.39, 0.29) is 18.3 Å². The van der Waals surface area contributed by atoms with Crippen LogP contribution in [-0.2, 0) is 11.2 Å². The molecule has 0 atom stereocenters. The largest absolute Gasteiger partial charge is 0.344 e. The van der Waals surface area contributed by atoms with Crippen LogP contribution in [0.3, 0.4) is 0 Å². The Kier molecular flexibility index (Phi) is 9.44. The van der Waals surface area contributed by atoms with Crippen molar-refractivity contribution in [3.8, 4) is 0 Å². The van der Waals surface area contributed by atoms with Crippen LogP contribution < -0.4 is 5.32 Å². The molecule has 0 aliphatic heterocycles. The maximum atomic E-state index is 11.9. The summed E-state index contributed by atoms with van der Waals surface area (Å²) in [6, 6.07) is 5.63. The molecule has 0 unspecified atom stereocenters. The standard InChI is InChI=1S/C13H18BrClN2O.ClH/c1-16-7-8-17(2)13(18)6-3-10-9-11(15)4-5-12(10)14;/h4-5,9,16H,3,6-8H2,1-2H3;1H. The lowest BCUT2D eigenvalue weighted by molar-refractivity contribution is -0.129. The van der Waals surface area contributed by atoms with Gasteiger partial charge in [-0.15, -0.1) is 12.4 Å². The Hall–Kier alpha value is -0.290. The number of halogens is 3. The first-order chi connectivity index (χ1) is 8.54. The molecule has 0 spiro atoms. The zero-order valence-electron chi connectivity index (χ0n) is 11.1. The van der Waals surface area contributed by atoms with E-state index in [0.717, 1.165) is 23.1 Å². The second-order valence-electron chi connectivity index (χ2n) is 4.15. The van der Waals surface area contributed by atoms with E-state index in [0.29, 0.717) is 17.9 Å². The highest BCUT2D eigenvalue weighted by Gasteiger charge is 2.09. The van der Waals surface area contributed by atoms with Crippen molar-refractivity contribution in [2.24, 2.45) is 0 Å². The number of amides is 1. The van der Waals surface area contributed by atoms with Crippen LogP contribution in [0.5, 0.6) is 0 Å². The van der Waals surface area contributed by atoms with Crippen molar-refractivity contribution in [2.75, 3.05) is 27.2 Å². The van der Waals surface area contributed by atoms with E-state index in [4.69, 9.17) is 11.6 Å².